The van der Waals surface area contributed by atoms with E-state index in [0.29, 0.717) is 5.13 Å². The van der Waals surface area contributed by atoms with E-state index in [1.165, 1.54) is 11.3 Å². The Balaban J connectivity index is 2.61. The first-order chi connectivity index (χ1) is 6.93. The molecule has 1 rings (SSSR count). The summed E-state index contributed by atoms with van der Waals surface area (Å²) in [6.07, 6.45) is 1.96. The molecule has 84 valence electrons. The maximum atomic E-state index is 11.6. The fourth-order valence-electron chi connectivity index (χ4n) is 0.904. The molecule has 0 radical (unpaired) electrons. The minimum atomic E-state index is -0.392. The van der Waals surface area contributed by atoms with Crippen LogP contribution in [-0.4, -0.2) is 16.1 Å². The minimum absolute atomic E-state index is 0.0262. The highest BCUT2D eigenvalue weighted by Crippen LogP contribution is 2.20. The zero-order chi connectivity index (χ0) is 11.5. The summed E-state index contributed by atoms with van der Waals surface area (Å²) in [7, 11) is 0. The van der Waals surface area contributed by atoms with Gasteiger partial charge in [0.15, 0.2) is 0 Å². The summed E-state index contributed by atoms with van der Waals surface area (Å²) < 4.78 is 0. The Morgan fingerprint density at radius 3 is 2.60 bits per heavy atom. The second-order valence-corrected chi connectivity index (χ2v) is 5.52. The van der Waals surface area contributed by atoms with Gasteiger partial charge in [0.05, 0.1) is 0 Å². The highest BCUT2D eigenvalue weighted by molar-refractivity contribution is 7.15. The lowest BCUT2D eigenvalue weighted by molar-refractivity contribution is -0.123. The zero-order valence-electron chi connectivity index (χ0n) is 9.63. The molecule has 15 heavy (non-hydrogen) atoms. The minimum Gasteiger partial charge on any atom is -0.300 e. The molecule has 1 aromatic rings. The smallest absolute Gasteiger partial charge is 0.231 e. The highest BCUT2D eigenvalue weighted by atomic mass is 32.1. The molecule has 0 saturated carbocycles. The van der Waals surface area contributed by atoms with Crippen LogP contribution in [0.15, 0.2) is 0 Å². The molecule has 1 aromatic heterocycles. The van der Waals surface area contributed by atoms with Gasteiger partial charge in [-0.2, -0.15) is 0 Å². The number of nitrogens with one attached hydrogen (secondary N) is 1. The van der Waals surface area contributed by atoms with Crippen LogP contribution >= 0.6 is 11.3 Å². The number of carbonyl (C=O) groups is 1. The molecule has 1 amide bonds. The van der Waals surface area contributed by atoms with Gasteiger partial charge in [-0.1, -0.05) is 39.0 Å². The van der Waals surface area contributed by atoms with E-state index in [0.717, 1.165) is 17.8 Å². The van der Waals surface area contributed by atoms with Gasteiger partial charge >= 0.3 is 0 Å². The van der Waals surface area contributed by atoms with Crippen molar-refractivity contribution in [3.05, 3.63) is 5.01 Å². The summed E-state index contributed by atoms with van der Waals surface area (Å²) in [6, 6.07) is 0. The van der Waals surface area contributed by atoms with Crippen LogP contribution in [0.5, 0.6) is 0 Å². The summed E-state index contributed by atoms with van der Waals surface area (Å²) in [5.41, 5.74) is -0.392. The second kappa shape index (κ2) is 4.70. The molecule has 0 aliphatic rings. The van der Waals surface area contributed by atoms with Crippen molar-refractivity contribution in [2.24, 2.45) is 5.41 Å². The molecule has 5 heteroatoms. The van der Waals surface area contributed by atoms with E-state index < -0.39 is 5.41 Å². The van der Waals surface area contributed by atoms with E-state index in [1.807, 2.05) is 20.8 Å². The third-order valence-electron chi connectivity index (χ3n) is 1.83. The highest BCUT2D eigenvalue weighted by Gasteiger charge is 2.22. The Bertz CT molecular complexity index is 341. The number of hydrogen-bond donors (Lipinski definition) is 1. The first-order valence-electron chi connectivity index (χ1n) is 5.07. The number of anilines is 1. The molecule has 0 unspecified atom stereocenters. The van der Waals surface area contributed by atoms with Crippen molar-refractivity contribution in [3.8, 4) is 0 Å². The number of amides is 1. The van der Waals surface area contributed by atoms with Gasteiger partial charge in [-0.15, -0.1) is 10.2 Å². The summed E-state index contributed by atoms with van der Waals surface area (Å²) in [6.45, 7) is 7.71. The number of aromatic nitrogens is 2. The van der Waals surface area contributed by atoms with Crippen molar-refractivity contribution in [2.75, 3.05) is 5.32 Å². The molecule has 0 saturated heterocycles. The van der Waals surface area contributed by atoms with Crippen LogP contribution in [-0.2, 0) is 11.2 Å². The molecule has 0 spiro atoms. The lowest BCUT2D eigenvalue weighted by Gasteiger charge is -2.15. The molecule has 0 bridgehead atoms. The molecular formula is C10H17N3OS. The molecule has 0 atom stereocenters. The number of aryl methyl sites for hydroxylation is 1. The van der Waals surface area contributed by atoms with Crippen LogP contribution in [0.4, 0.5) is 5.13 Å². The summed E-state index contributed by atoms with van der Waals surface area (Å²) in [4.78, 5) is 11.6. The van der Waals surface area contributed by atoms with E-state index in [4.69, 9.17) is 0 Å². The van der Waals surface area contributed by atoms with Crippen molar-refractivity contribution >= 4 is 22.4 Å². The van der Waals surface area contributed by atoms with Gasteiger partial charge in [0.2, 0.25) is 11.0 Å². The third-order valence-corrected chi connectivity index (χ3v) is 2.73. The van der Waals surface area contributed by atoms with Gasteiger partial charge in [0, 0.05) is 11.8 Å². The number of hydrogen-bond acceptors (Lipinski definition) is 4. The first kappa shape index (κ1) is 12.1. The Kier molecular flexibility index (Phi) is 3.79. The SMILES string of the molecule is CCCc1nnc(NC(=O)C(C)(C)C)s1. The van der Waals surface area contributed by atoms with Crippen LogP contribution in [0.2, 0.25) is 0 Å². The van der Waals surface area contributed by atoms with Crippen molar-refractivity contribution in [1.82, 2.24) is 10.2 Å². The monoisotopic (exact) mass is 227 g/mol. The van der Waals surface area contributed by atoms with Crippen LogP contribution < -0.4 is 5.32 Å². The fourth-order valence-corrected chi connectivity index (χ4v) is 1.74. The Morgan fingerprint density at radius 1 is 1.40 bits per heavy atom. The summed E-state index contributed by atoms with van der Waals surface area (Å²) in [5.74, 6) is -0.0262. The Hall–Kier alpha value is -0.970. The molecule has 1 N–H and O–H groups in total. The van der Waals surface area contributed by atoms with Gasteiger partial charge in [-0.25, -0.2) is 0 Å². The first-order valence-corrected chi connectivity index (χ1v) is 5.89. The van der Waals surface area contributed by atoms with Crippen LogP contribution in [0.1, 0.15) is 39.1 Å². The zero-order valence-corrected chi connectivity index (χ0v) is 10.4. The lowest BCUT2D eigenvalue weighted by atomic mass is 9.96. The average molecular weight is 227 g/mol. The van der Waals surface area contributed by atoms with Gasteiger partial charge in [-0.05, 0) is 6.42 Å². The van der Waals surface area contributed by atoms with Crippen LogP contribution in [0.25, 0.3) is 0 Å². The van der Waals surface area contributed by atoms with E-state index in [9.17, 15) is 4.79 Å². The molecule has 1 heterocycles. The molecule has 4 nitrogen and oxygen atoms in total. The average Bonchev–Trinajstić information content (AvgIpc) is 2.51. The number of carbonyl (C=O) groups excluding carboxylic acids is 1. The van der Waals surface area contributed by atoms with Crippen molar-refractivity contribution in [2.45, 2.75) is 40.5 Å². The Labute approximate surface area is 94.1 Å². The van der Waals surface area contributed by atoms with Gasteiger partial charge in [0.1, 0.15) is 5.01 Å². The molecular weight excluding hydrogens is 210 g/mol. The van der Waals surface area contributed by atoms with Crippen molar-refractivity contribution < 1.29 is 4.79 Å². The van der Waals surface area contributed by atoms with Gasteiger partial charge in [0.25, 0.3) is 0 Å². The predicted octanol–water partition coefficient (Wildman–Crippen LogP) is 2.48. The van der Waals surface area contributed by atoms with Gasteiger partial charge < -0.3 is 5.32 Å². The predicted molar refractivity (Wildman–Crippen MR) is 62.0 cm³/mol. The number of nitrogens with zero attached hydrogens (tertiary/aromatic N) is 2. The van der Waals surface area contributed by atoms with Crippen LogP contribution in [0, 0.1) is 5.41 Å². The van der Waals surface area contributed by atoms with Crippen LogP contribution in [0.3, 0.4) is 0 Å². The standard InChI is InChI=1S/C10H17N3OS/c1-5-6-7-12-13-9(15-7)11-8(14)10(2,3)4/h5-6H2,1-4H3,(H,11,13,14). The maximum absolute atomic E-state index is 11.6. The molecule has 0 fully saturated rings. The number of rotatable bonds is 3. The van der Waals surface area contributed by atoms with Crippen molar-refractivity contribution in [3.63, 3.8) is 0 Å². The fraction of sp³-hybridized carbons (Fsp3) is 0.700. The molecule has 0 aliphatic carbocycles. The van der Waals surface area contributed by atoms with E-state index in [1.54, 1.807) is 0 Å². The Morgan fingerprint density at radius 2 is 2.07 bits per heavy atom. The maximum Gasteiger partial charge on any atom is 0.231 e. The largest absolute Gasteiger partial charge is 0.300 e. The second-order valence-electron chi connectivity index (χ2n) is 4.46. The normalized spacial score (nSPS) is 11.5. The van der Waals surface area contributed by atoms with E-state index in [2.05, 4.69) is 22.4 Å². The summed E-state index contributed by atoms with van der Waals surface area (Å²) >= 11 is 1.45. The molecule has 0 aromatic carbocycles. The quantitative estimate of drug-likeness (QED) is 0.863. The van der Waals surface area contributed by atoms with E-state index in [-0.39, 0.29) is 5.91 Å². The molecule has 0 aliphatic heterocycles. The topological polar surface area (TPSA) is 54.9 Å². The third kappa shape index (κ3) is 3.58. The lowest BCUT2D eigenvalue weighted by Crippen LogP contribution is -2.27. The van der Waals surface area contributed by atoms with Gasteiger partial charge in [-0.3, -0.25) is 4.79 Å². The summed E-state index contributed by atoms with van der Waals surface area (Å²) in [5, 5.41) is 12.3. The van der Waals surface area contributed by atoms with Crippen molar-refractivity contribution in [1.29, 1.82) is 0 Å². The van der Waals surface area contributed by atoms with E-state index >= 15 is 0 Å².